The van der Waals surface area contributed by atoms with Crippen molar-refractivity contribution < 1.29 is 9.59 Å². The summed E-state index contributed by atoms with van der Waals surface area (Å²) in [7, 11) is 0. The standard InChI is InChI=1S/C23H23Cl2N3O2/c1-21(2)22(3)9-10-23(21,20(30)26-17-12-14(24)11-15(25)13-17)19(29)18(22)28-27-16-7-5-4-6-8-16/h4-8,11-13,27H,9-10H2,1-3H3,(H,26,30). The number of hydrogen-bond donors (Lipinski definition) is 2. The van der Waals surface area contributed by atoms with Gasteiger partial charge >= 0.3 is 0 Å². The summed E-state index contributed by atoms with van der Waals surface area (Å²) in [6, 6.07) is 14.3. The first kappa shape index (κ1) is 20.9. The molecule has 0 aliphatic heterocycles. The Bertz CT molecular complexity index is 1050. The predicted octanol–water partition coefficient (Wildman–Crippen LogP) is 5.80. The molecule has 0 aromatic heterocycles. The van der Waals surface area contributed by atoms with Gasteiger partial charge in [-0.15, -0.1) is 0 Å². The number of anilines is 2. The van der Waals surface area contributed by atoms with Crippen molar-refractivity contribution in [2.45, 2.75) is 33.6 Å². The van der Waals surface area contributed by atoms with Crippen LogP contribution in [0.15, 0.2) is 53.6 Å². The van der Waals surface area contributed by atoms with Crippen molar-refractivity contribution in [2.24, 2.45) is 21.3 Å². The van der Waals surface area contributed by atoms with E-state index in [1.807, 2.05) is 51.1 Å². The quantitative estimate of drug-likeness (QED) is 0.463. The maximum Gasteiger partial charge on any atom is 0.239 e. The maximum atomic E-state index is 13.6. The van der Waals surface area contributed by atoms with E-state index in [0.29, 0.717) is 34.3 Å². The molecular formula is C23H23Cl2N3O2. The first-order chi connectivity index (χ1) is 14.1. The van der Waals surface area contributed by atoms with Crippen molar-refractivity contribution in [1.29, 1.82) is 0 Å². The highest BCUT2D eigenvalue weighted by Gasteiger charge is 2.76. The number of fused-ring (bicyclic) bond motifs is 2. The van der Waals surface area contributed by atoms with E-state index in [1.165, 1.54) is 0 Å². The molecule has 30 heavy (non-hydrogen) atoms. The molecule has 0 saturated heterocycles. The number of hydrogen-bond acceptors (Lipinski definition) is 4. The summed E-state index contributed by atoms with van der Waals surface area (Å²) < 4.78 is 0. The zero-order chi connectivity index (χ0) is 21.7. The average molecular weight is 444 g/mol. The van der Waals surface area contributed by atoms with Crippen LogP contribution in [-0.4, -0.2) is 17.4 Å². The number of nitrogens with one attached hydrogen (secondary N) is 2. The van der Waals surface area contributed by atoms with E-state index in [-0.39, 0.29) is 11.7 Å². The Kier molecular flexibility index (Phi) is 4.94. The molecule has 0 radical (unpaired) electrons. The summed E-state index contributed by atoms with van der Waals surface area (Å²) in [5.74, 6) is -0.570. The van der Waals surface area contributed by atoms with Crippen molar-refractivity contribution in [3.8, 4) is 0 Å². The second-order valence-corrected chi connectivity index (χ2v) is 9.61. The van der Waals surface area contributed by atoms with E-state index in [2.05, 4.69) is 15.8 Å². The van der Waals surface area contributed by atoms with Crippen molar-refractivity contribution in [1.82, 2.24) is 0 Å². The molecule has 7 heteroatoms. The third-order valence-electron chi connectivity index (χ3n) is 7.15. The fraction of sp³-hybridized carbons (Fsp3) is 0.348. The van der Waals surface area contributed by atoms with Gasteiger partial charge in [0.2, 0.25) is 5.91 Å². The Balaban J connectivity index is 1.70. The monoisotopic (exact) mass is 443 g/mol. The fourth-order valence-corrected chi connectivity index (χ4v) is 5.50. The second-order valence-electron chi connectivity index (χ2n) is 8.74. The van der Waals surface area contributed by atoms with Crippen molar-refractivity contribution in [3.05, 3.63) is 58.6 Å². The molecule has 2 bridgehead atoms. The minimum Gasteiger partial charge on any atom is -0.325 e. The third-order valence-corrected chi connectivity index (χ3v) is 7.59. The van der Waals surface area contributed by atoms with Crippen LogP contribution in [0.5, 0.6) is 0 Å². The largest absolute Gasteiger partial charge is 0.325 e. The van der Waals surface area contributed by atoms with E-state index in [9.17, 15) is 9.59 Å². The first-order valence-electron chi connectivity index (χ1n) is 9.83. The smallest absolute Gasteiger partial charge is 0.239 e. The van der Waals surface area contributed by atoms with E-state index < -0.39 is 16.2 Å². The van der Waals surface area contributed by atoms with E-state index >= 15 is 0 Å². The molecule has 2 aromatic carbocycles. The molecule has 5 nitrogen and oxygen atoms in total. The molecule has 2 unspecified atom stereocenters. The predicted molar refractivity (Wildman–Crippen MR) is 121 cm³/mol. The Hall–Kier alpha value is -2.37. The topological polar surface area (TPSA) is 70.6 Å². The summed E-state index contributed by atoms with van der Waals surface area (Å²) in [5, 5.41) is 8.19. The van der Waals surface area contributed by atoms with Crippen LogP contribution in [0.4, 0.5) is 11.4 Å². The zero-order valence-electron chi connectivity index (χ0n) is 17.1. The Morgan fingerprint density at radius 1 is 0.967 bits per heavy atom. The molecule has 2 aromatic rings. The molecule has 2 aliphatic carbocycles. The molecule has 156 valence electrons. The van der Waals surface area contributed by atoms with Gasteiger partial charge in [-0.2, -0.15) is 5.10 Å². The van der Waals surface area contributed by atoms with Gasteiger partial charge in [-0.25, -0.2) is 0 Å². The Morgan fingerprint density at radius 2 is 1.60 bits per heavy atom. The van der Waals surface area contributed by atoms with Gasteiger partial charge in [0.15, 0.2) is 5.78 Å². The first-order valence-corrected chi connectivity index (χ1v) is 10.6. The van der Waals surface area contributed by atoms with E-state index in [1.54, 1.807) is 18.2 Å². The normalized spacial score (nSPS) is 28.0. The number of halogens is 2. The molecule has 4 rings (SSSR count). The zero-order valence-corrected chi connectivity index (χ0v) is 18.6. The highest BCUT2D eigenvalue weighted by atomic mass is 35.5. The van der Waals surface area contributed by atoms with Crippen LogP contribution in [0, 0.1) is 16.2 Å². The number of nitrogens with zero attached hydrogens (tertiary/aromatic N) is 1. The molecule has 2 atom stereocenters. The lowest BCUT2D eigenvalue weighted by atomic mass is 9.64. The SMILES string of the molecule is CC12CCC(C(=O)Nc3cc(Cl)cc(Cl)c3)(C(=O)C1=NNc1ccccc1)C2(C)C. The number of carbonyl (C=O) groups excluding carboxylic acids is 2. The minimum absolute atomic E-state index is 0.227. The highest BCUT2D eigenvalue weighted by Crippen LogP contribution is 2.69. The number of rotatable bonds is 4. The van der Waals surface area contributed by atoms with Crippen LogP contribution >= 0.6 is 23.2 Å². The number of para-hydroxylation sites is 1. The minimum atomic E-state index is -1.20. The highest BCUT2D eigenvalue weighted by molar-refractivity contribution is 6.51. The lowest BCUT2D eigenvalue weighted by molar-refractivity contribution is -0.139. The van der Waals surface area contributed by atoms with Crippen LogP contribution in [-0.2, 0) is 9.59 Å². The molecule has 0 spiro atoms. The van der Waals surface area contributed by atoms with Crippen LogP contribution in [0.25, 0.3) is 0 Å². The summed E-state index contributed by atoms with van der Waals surface area (Å²) in [4.78, 5) is 27.1. The number of amides is 1. The van der Waals surface area contributed by atoms with Gasteiger partial charge in [0.25, 0.3) is 0 Å². The van der Waals surface area contributed by atoms with Gasteiger partial charge in [-0.3, -0.25) is 15.0 Å². The van der Waals surface area contributed by atoms with E-state index in [4.69, 9.17) is 23.2 Å². The summed E-state index contributed by atoms with van der Waals surface area (Å²) in [6.07, 6.45) is 1.17. The van der Waals surface area contributed by atoms with Gasteiger partial charge < -0.3 is 5.32 Å². The molecule has 2 aliphatic rings. The lowest BCUT2D eigenvalue weighted by Gasteiger charge is -2.37. The van der Waals surface area contributed by atoms with Crippen molar-refractivity contribution in [3.63, 3.8) is 0 Å². The van der Waals surface area contributed by atoms with Crippen LogP contribution < -0.4 is 10.7 Å². The molecular weight excluding hydrogens is 421 g/mol. The van der Waals surface area contributed by atoms with Gasteiger partial charge in [-0.1, -0.05) is 62.2 Å². The summed E-state index contributed by atoms with van der Waals surface area (Å²) in [5.41, 5.74) is 2.33. The lowest BCUT2D eigenvalue weighted by Crippen LogP contribution is -2.47. The van der Waals surface area contributed by atoms with Crippen LogP contribution in [0.1, 0.15) is 33.6 Å². The Labute approximate surface area is 185 Å². The van der Waals surface area contributed by atoms with Gasteiger partial charge in [0.1, 0.15) is 11.1 Å². The number of Topliss-reactive ketones (excluding diaryl/α,β-unsaturated/α-hetero) is 1. The molecule has 0 heterocycles. The molecule has 1 amide bonds. The van der Waals surface area contributed by atoms with Gasteiger partial charge in [0.05, 0.1) is 5.69 Å². The van der Waals surface area contributed by atoms with Crippen LogP contribution in [0.3, 0.4) is 0 Å². The molecule has 2 saturated carbocycles. The fourth-order valence-electron chi connectivity index (χ4n) is 4.97. The van der Waals surface area contributed by atoms with Gasteiger partial charge in [-0.05, 0) is 48.6 Å². The van der Waals surface area contributed by atoms with Crippen molar-refractivity contribution >= 4 is 52.0 Å². The number of hydrazone groups is 1. The molecule has 2 N–H and O–H groups in total. The average Bonchev–Trinajstić information content (AvgIpc) is 2.95. The summed E-state index contributed by atoms with van der Waals surface area (Å²) >= 11 is 12.1. The van der Waals surface area contributed by atoms with Crippen LogP contribution in [0.2, 0.25) is 10.0 Å². The number of ketones is 1. The second kappa shape index (κ2) is 7.10. The number of carbonyl (C=O) groups is 2. The van der Waals surface area contributed by atoms with Gasteiger partial charge in [0, 0.05) is 21.1 Å². The number of benzene rings is 2. The van der Waals surface area contributed by atoms with E-state index in [0.717, 1.165) is 5.69 Å². The third kappa shape index (κ3) is 2.87. The Morgan fingerprint density at radius 3 is 2.23 bits per heavy atom. The summed E-state index contributed by atoms with van der Waals surface area (Å²) in [6.45, 7) is 5.98. The molecule has 2 fully saturated rings. The van der Waals surface area contributed by atoms with Crippen molar-refractivity contribution in [2.75, 3.05) is 10.7 Å². The maximum absolute atomic E-state index is 13.6.